The van der Waals surface area contributed by atoms with Gasteiger partial charge in [-0.15, -0.1) is 0 Å². The molecule has 1 heterocycles. The molecule has 94 valence electrons. The first kappa shape index (κ1) is 11.5. The van der Waals surface area contributed by atoms with Crippen LogP contribution in [0, 0.1) is 6.92 Å². The average Bonchev–Trinajstić information content (AvgIpc) is 2.77. The van der Waals surface area contributed by atoms with Crippen LogP contribution in [0.25, 0.3) is 22.6 Å². The van der Waals surface area contributed by atoms with E-state index in [2.05, 4.69) is 4.98 Å². The Balaban J connectivity index is 2.16. The van der Waals surface area contributed by atoms with Crippen molar-refractivity contribution in [2.75, 3.05) is 0 Å². The van der Waals surface area contributed by atoms with E-state index in [1.807, 2.05) is 67.6 Å². The molecule has 0 aliphatic rings. The summed E-state index contributed by atoms with van der Waals surface area (Å²) >= 11 is 0. The second-order valence-corrected chi connectivity index (χ2v) is 4.41. The second kappa shape index (κ2) is 4.61. The Kier molecular flexibility index (Phi) is 2.80. The summed E-state index contributed by atoms with van der Waals surface area (Å²) in [4.78, 5) is 4.56. The molecular weight excluding hydrogens is 236 g/mol. The van der Waals surface area contributed by atoms with Gasteiger partial charge in [0.25, 0.3) is 0 Å². The van der Waals surface area contributed by atoms with Gasteiger partial charge in [0.15, 0.2) is 5.82 Å². The van der Waals surface area contributed by atoms with Crippen molar-refractivity contribution >= 4 is 0 Å². The molecule has 0 bridgehead atoms. The van der Waals surface area contributed by atoms with E-state index in [-0.39, 0.29) is 0 Å². The van der Waals surface area contributed by atoms with Gasteiger partial charge in [0.05, 0.1) is 11.4 Å². The van der Waals surface area contributed by atoms with Gasteiger partial charge < -0.3 is 5.21 Å². The predicted molar refractivity (Wildman–Crippen MR) is 75.0 cm³/mol. The fourth-order valence-electron chi connectivity index (χ4n) is 2.14. The van der Waals surface area contributed by atoms with Crippen LogP contribution in [0.1, 0.15) is 5.69 Å². The maximum atomic E-state index is 10.2. The Morgan fingerprint density at radius 1 is 0.842 bits per heavy atom. The second-order valence-electron chi connectivity index (χ2n) is 4.41. The maximum absolute atomic E-state index is 10.2. The number of hydrogen-bond acceptors (Lipinski definition) is 2. The largest absolute Gasteiger partial charge is 0.427 e. The highest BCUT2D eigenvalue weighted by Gasteiger charge is 2.15. The summed E-state index contributed by atoms with van der Waals surface area (Å²) in [5, 5.41) is 10.2. The van der Waals surface area contributed by atoms with Gasteiger partial charge >= 0.3 is 0 Å². The molecule has 0 unspecified atom stereocenters. The van der Waals surface area contributed by atoms with E-state index in [1.165, 1.54) is 0 Å². The summed E-state index contributed by atoms with van der Waals surface area (Å²) in [6.45, 7) is 1.86. The Morgan fingerprint density at radius 3 is 1.95 bits per heavy atom. The van der Waals surface area contributed by atoms with Crippen LogP contribution in [0.3, 0.4) is 0 Å². The van der Waals surface area contributed by atoms with Crippen LogP contribution in [-0.2, 0) is 0 Å². The van der Waals surface area contributed by atoms with E-state index in [4.69, 9.17) is 0 Å². The zero-order valence-electron chi connectivity index (χ0n) is 10.6. The lowest BCUT2D eigenvalue weighted by Gasteiger charge is -2.00. The van der Waals surface area contributed by atoms with Crippen LogP contribution in [0.15, 0.2) is 60.7 Å². The molecule has 19 heavy (non-hydrogen) atoms. The first-order chi connectivity index (χ1) is 9.27. The van der Waals surface area contributed by atoms with Gasteiger partial charge in [0, 0.05) is 11.1 Å². The number of hydrogen-bond donors (Lipinski definition) is 1. The molecule has 0 aliphatic carbocycles. The van der Waals surface area contributed by atoms with Crippen molar-refractivity contribution in [3.05, 3.63) is 66.4 Å². The number of nitrogens with zero attached hydrogens (tertiary/aromatic N) is 2. The molecule has 0 saturated carbocycles. The number of imidazole rings is 1. The van der Waals surface area contributed by atoms with Crippen LogP contribution in [0.4, 0.5) is 0 Å². The Bertz CT molecular complexity index is 628. The fourth-order valence-corrected chi connectivity index (χ4v) is 2.14. The minimum absolute atomic E-state index is 0.567. The van der Waals surface area contributed by atoms with Gasteiger partial charge in [-0.05, 0) is 6.92 Å². The lowest BCUT2D eigenvalue weighted by Crippen LogP contribution is -1.96. The molecule has 0 saturated heterocycles. The third-order valence-electron chi connectivity index (χ3n) is 3.16. The molecule has 0 aliphatic heterocycles. The van der Waals surface area contributed by atoms with Crippen molar-refractivity contribution in [1.82, 2.24) is 9.71 Å². The van der Waals surface area contributed by atoms with Crippen LogP contribution in [0.5, 0.6) is 0 Å². The van der Waals surface area contributed by atoms with Gasteiger partial charge in [-0.3, -0.25) is 0 Å². The average molecular weight is 250 g/mol. The summed E-state index contributed by atoms with van der Waals surface area (Å²) in [6.07, 6.45) is 0. The van der Waals surface area contributed by atoms with Crippen LogP contribution >= 0.6 is 0 Å². The van der Waals surface area contributed by atoms with Crippen molar-refractivity contribution in [3.8, 4) is 22.6 Å². The molecule has 0 atom stereocenters. The van der Waals surface area contributed by atoms with Gasteiger partial charge in [-0.2, -0.15) is 4.73 Å². The lowest BCUT2D eigenvalue weighted by molar-refractivity contribution is 0.185. The monoisotopic (exact) mass is 250 g/mol. The number of aromatic nitrogens is 2. The molecule has 0 radical (unpaired) electrons. The number of rotatable bonds is 2. The minimum Gasteiger partial charge on any atom is -0.427 e. The molecular formula is C16H14N2O. The van der Waals surface area contributed by atoms with E-state index in [9.17, 15) is 5.21 Å². The zero-order chi connectivity index (χ0) is 13.2. The Labute approximate surface area is 111 Å². The summed E-state index contributed by atoms with van der Waals surface area (Å²) in [7, 11) is 0. The quantitative estimate of drug-likeness (QED) is 0.703. The molecule has 0 amide bonds. The Hall–Kier alpha value is -2.55. The van der Waals surface area contributed by atoms with Gasteiger partial charge in [-0.25, -0.2) is 4.98 Å². The first-order valence-corrected chi connectivity index (χ1v) is 6.17. The molecule has 3 heteroatoms. The third-order valence-corrected chi connectivity index (χ3v) is 3.16. The molecule has 0 fully saturated rings. The van der Waals surface area contributed by atoms with E-state index < -0.39 is 0 Å². The van der Waals surface area contributed by atoms with Crippen molar-refractivity contribution in [2.45, 2.75) is 6.92 Å². The summed E-state index contributed by atoms with van der Waals surface area (Å²) < 4.78 is 1.15. The van der Waals surface area contributed by atoms with E-state index in [0.29, 0.717) is 5.82 Å². The first-order valence-electron chi connectivity index (χ1n) is 6.17. The van der Waals surface area contributed by atoms with Crippen molar-refractivity contribution in [3.63, 3.8) is 0 Å². The number of benzene rings is 2. The van der Waals surface area contributed by atoms with Crippen LogP contribution in [-0.4, -0.2) is 14.9 Å². The van der Waals surface area contributed by atoms with Crippen molar-refractivity contribution in [2.24, 2.45) is 0 Å². The third kappa shape index (κ3) is 1.99. The zero-order valence-corrected chi connectivity index (χ0v) is 10.6. The standard InChI is InChI=1S/C16H14N2O/c1-12-15(13-8-4-2-5-9-13)17-16(18(12)19)14-10-6-3-7-11-14/h2-11,19H,1H3. The smallest absolute Gasteiger partial charge is 0.176 e. The fraction of sp³-hybridized carbons (Fsp3) is 0.0625. The van der Waals surface area contributed by atoms with E-state index in [1.54, 1.807) is 0 Å². The topological polar surface area (TPSA) is 38.0 Å². The van der Waals surface area contributed by atoms with Crippen LogP contribution < -0.4 is 0 Å². The van der Waals surface area contributed by atoms with Gasteiger partial charge in [0.2, 0.25) is 0 Å². The van der Waals surface area contributed by atoms with Crippen molar-refractivity contribution < 1.29 is 5.21 Å². The molecule has 1 N–H and O–H groups in total. The predicted octanol–water partition coefficient (Wildman–Crippen LogP) is 3.76. The molecule has 1 aromatic heterocycles. The van der Waals surface area contributed by atoms with E-state index >= 15 is 0 Å². The highest BCUT2D eigenvalue weighted by atomic mass is 16.5. The summed E-state index contributed by atoms with van der Waals surface area (Å²) in [5.41, 5.74) is 3.45. The molecule has 3 nitrogen and oxygen atoms in total. The minimum atomic E-state index is 0.567. The Morgan fingerprint density at radius 2 is 1.37 bits per heavy atom. The van der Waals surface area contributed by atoms with Gasteiger partial charge in [-0.1, -0.05) is 60.7 Å². The van der Waals surface area contributed by atoms with Crippen LogP contribution in [0.2, 0.25) is 0 Å². The summed E-state index contributed by atoms with van der Waals surface area (Å²) in [5.74, 6) is 0.567. The SMILES string of the molecule is Cc1c(-c2ccccc2)nc(-c2ccccc2)n1O. The summed E-state index contributed by atoms with van der Waals surface area (Å²) in [6, 6.07) is 19.6. The molecule has 3 rings (SSSR count). The lowest BCUT2D eigenvalue weighted by atomic mass is 10.1. The molecule has 2 aromatic carbocycles. The highest BCUT2D eigenvalue weighted by Crippen LogP contribution is 2.27. The van der Waals surface area contributed by atoms with E-state index in [0.717, 1.165) is 27.2 Å². The van der Waals surface area contributed by atoms with Gasteiger partial charge in [0.1, 0.15) is 0 Å². The normalized spacial score (nSPS) is 10.6. The highest BCUT2D eigenvalue weighted by molar-refractivity contribution is 5.67. The molecule has 3 aromatic rings. The molecule has 0 spiro atoms. The van der Waals surface area contributed by atoms with Crippen molar-refractivity contribution in [1.29, 1.82) is 0 Å². The maximum Gasteiger partial charge on any atom is 0.176 e.